The van der Waals surface area contributed by atoms with Crippen molar-refractivity contribution in [2.24, 2.45) is 5.41 Å². The third kappa shape index (κ3) is 4.48. The number of carbonyl (C=O) groups is 1. The summed E-state index contributed by atoms with van der Waals surface area (Å²) in [6.45, 7) is 10.1. The first-order valence-corrected chi connectivity index (χ1v) is 8.48. The number of aromatic nitrogens is 1. The summed E-state index contributed by atoms with van der Waals surface area (Å²) in [6, 6.07) is 3.51. The quantitative estimate of drug-likeness (QED) is 0.510. The lowest BCUT2D eigenvalue weighted by Crippen LogP contribution is -2.39. The van der Waals surface area contributed by atoms with Crippen LogP contribution in [0.3, 0.4) is 0 Å². The summed E-state index contributed by atoms with van der Waals surface area (Å²) in [5, 5.41) is 9.55. The minimum absolute atomic E-state index is 0.388. The Balaban J connectivity index is 1.82. The molecule has 2 atom stereocenters. The number of aliphatic carboxylic acids is 1. The highest BCUT2D eigenvalue weighted by molar-refractivity contribution is 5.83. The normalized spacial score (nSPS) is 22.6. The van der Waals surface area contributed by atoms with Gasteiger partial charge in [0, 0.05) is 29.8 Å². The van der Waals surface area contributed by atoms with Crippen molar-refractivity contribution in [1.82, 2.24) is 4.98 Å². The molecule has 1 aliphatic rings. The first-order chi connectivity index (χ1) is 11.8. The third-order valence-electron chi connectivity index (χ3n) is 4.16. The fourth-order valence-corrected chi connectivity index (χ4v) is 2.71. The zero-order chi connectivity index (χ0) is 18.5. The monoisotopic (exact) mass is 353 g/mol. The second-order valence-electron chi connectivity index (χ2n) is 6.88. The van der Waals surface area contributed by atoms with Crippen LogP contribution in [0.2, 0.25) is 0 Å². The molecule has 0 amide bonds. The van der Waals surface area contributed by atoms with Gasteiger partial charge in [0.25, 0.3) is 0 Å². The summed E-state index contributed by atoms with van der Waals surface area (Å²) >= 11 is 0. The second kappa shape index (κ2) is 8.12. The molecule has 0 radical (unpaired) electrons. The minimum atomic E-state index is -1.20. The van der Waals surface area contributed by atoms with Crippen molar-refractivity contribution in [2.75, 3.05) is 33.0 Å². The van der Waals surface area contributed by atoms with E-state index in [0.29, 0.717) is 38.9 Å². The lowest BCUT2D eigenvalue weighted by Gasteiger charge is -2.24. The molecule has 0 spiro atoms. The van der Waals surface area contributed by atoms with Gasteiger partial charge < -0.3 is 24.1 Å². The maximum absolute atomic E-state index is 11.7. The van der Waals surface area contributed by atoms with Gasteiger partial charge in [0.15, 0.2) is 0 Å². The van der Waals surface area contributed by atoms with Crippen LogP contribution < -0.4 is 4.74 Å². The van der Waals surface area contributed by atoms with Crippen molar-refractivity contribution in [3.05, 3.63) is 23.9 Å². The summed E-state index contributed by atoms with van der Waals surface area (Å²) < 4.78 is 21.6. The molecule has 1 saturated heterocycles. The van der Waals surface area contributed by atoms with Crippen molar-refractivity contribution in [3.8, 4) is 5.88 Å². The van der Waals surface area contributed by atoms with Crippen molar-refractivity contribution >= 4 is 5.97 Å². The van der Waals surface area contributed by atoms with Crippen molar-refractivity contribution in [3.63, 3.8) is 0 Å². The van der Waals surface area contributed by atoms with Gasteiger partial charge in [-0.25, -0.2) is 9.78 Å². The van der Waals surface area contributed by atoms with E-state index in [4.69, 9.17) is 18.9 Å². The van der Waals surface area contributed by atoms with E-state index < -0.39 is 23.1 Å². The van der Waals surface area contributed by atoms with Crippen LogP contribution in [-0.2, 0) is 19.0 Å². The molecule has 7 nitrogen and oxygen atoms in total. The number of nitrogens with zero attached hydrogens (tertiary/aromatic N) is 1. The predicted octanol–water partition coefficient (Wildman–Crippen LogP) is 2.45. The van der Waals surface area contributed by atoms with E-state index >= 15 is 0 Å². The maximum atomic E-state index is 11.7. The molecule has 2 heterocycles. The SMILES string of the molecule is CCOCCOCCOc1ccc(C2OC2(C(=O)O)C(C)(C)C)cn1. The summed E-state index contributed by atoms with van der Waals surface area (Å²) in [7, 11) is 0. The van der Waals surface area contributed by atoms with Crippen LogP contribution in [0, 0.1) is 5.41 Å². The van der Waals surface area contributed by atoms with Gasteiger partial charge in [0.1, 0.15) is 12.7 Å². The van der Waals surface area contributed by atoms with E-state index in [1.165, 1.54) is 0 Å². The molecule has 1 aliphatic heterocycles. The Morgan fingerprint density at radius 1 is 1.24 bits per heavy atom. The largest absolute Gasteiger partial charge is 0.479 e. The lowest BCUT2D eigenvalue weighted by atomic mass is 9.77. The first-order valence-electron chi connectivity index (χ1n) is 8.48. The highest BCUT2D eigenvalue weighted by Gasteiger charge is 2.70. The van der Waals surface area contributed by atoms with Gasteiger partial charge in [-0.3, -0.25) is 0 Å². The maximum Gasteiger partial charge on any atom is 0.339 e. The fraction of sp³-hybridized carbons (Fsp3) is 0.667. The van der Waals surface area contributed by atoms with Crippen LogP contribution in [-0.4, -0.2) is 54.7 Å². The third-order valence-corrected chi connectivity index (χ3v) is 4.16. The van der Waals surface area contributed by atoms with Crippen LogP contribution in [0.1, 0.15) is 39.4 Å². The van der Waals surface area contributed by atoms with Crippen molar-refractivity contribution in [2.45, 2.75) is 39.4 Å². The highest BCUT2D eigenvalue weighted by atomic mass is 16.6. The van der Waals surface area contributed by atoms with E-state index in [1.807, 2.05) is 27.7 Å². The van der Waals surface area contributed by atoms with Gasteiger partial charge in [0.2, 0.25) is 11.5 Å². The van der Waals surface area contributed by atoms with Gasteiger partial charge in [0.05, 0.1) is 19.8 Å². The molecule has 2 unspecified atom stereocenters. The molecule has 0 saturated carbocycles. The number of carboxylic acid groups (broad SMARTS) is 1. The number of pyridine rings is 1. The molecular weight excluding hydrogens is 326 g/mol. The Bertz CT molecular complexity index is 568. The average molecular weight is 353 g/mol. The molecule has 140 valence electrons. The summed E-state index contributed by atoms with van der Waals surface area (Å²) in [5.74, 6) is -0.482. The molecule has 0 bridgehead atoms. The van der Waals surface area contributed by atoms with E-state index in [9.17, 15) is 9.90 Å². The standard InChI is InChI=1S/C18H27NO6/c1-5-22-8-9-23-10-11-24-14-7-6-13(12-19-14)15-18(25-15,16(20)21)17(2,3)4/h6-7,12,15H,5,8-11H2,1-4H3,(H,20,21). The number of carboxylic acids is 1. The molecule has 7 heteroatoms. The van der Waals surface area contributed by atoms with Gasteiger partial charge in [-0.2, -0.15) is 0 Å². The molecule has 1 N–H and O–H groups in total. The topological polar surface area (TPSA) is 90.4 Å². The van der Waals surface area contributed by atoms with Crippen LogP contribution >= 0.6 is 0 Å². The Morgan fingerprint density at radius 3 is 2.44 bits per heavy atom. The Labute approximate surface area is 148 Å². The Kier molecular flexibility index (Phi) is 6.37. The molecule has 0 aliphatic carbocycles. The number of hydrogen-bond donors (Lipinski definition) is 1. The first kappa shape index (κ1) is 19.6. The van der Waals surface area contributed by atoms with Crippen LogP contribution in [0.25, 0.3) is 0 Å². The average Bonchev–Trinajstić information content (AvgIpc) is 3.32. The van der Waals surface area contributed by atoms with Gasteiger partial charge in [-0.15, -0.1) is 0 Å². The lowest BCUT2D eigenvalue weighted by molar-refractivity contribution is -0.147. The summed E-state index contributed by atoms with van der Waals surface area (Å²) in [5.41, 5.74) is -0.985. The van der Waals surface area contributed by atoms with Crippen molar-refractivity contribution < 1.29 is 28.8 Å². The minimum Gasteiger partial charge on any atom is -0.479 e. The van der Waals surface area contributed by atoms with Crippen LogP contribution in [0.4, 0.5) is 0 Å². The molecule has 2 rings (SSSR count). The molecule has 1 fully saturated rings. The Morgan fingerprint density at radius 2 is 1.92 bits per heavy atom. The van der Waals surface area contributed by atoms with Gasteiger partial charge in [-0.1, -0.05) is 20.8 Å². The number of ether oxygens (including phenoxy) is 4. The summed E-state index contributed by atoms with van der Waals surface area (Å²) in [6.07, 6.45) is 1.11. The fourth-order valence-electron chi connectivity index (χ4n) is 2.71. The van der Waals surface area contributed by atoms with Crippen LogP contribution in [0.5, 0.6) is 5.88 Å². The molecule has 0 aromatic carbocycles. The van der Waals surface area contributed by atoms with E-state index in [1.54, 1.807) is 18.3 Å². The van der Waals surface area contributed by atoms with Gasteiger partial charge in [-0.05, 0) is 13.0 Å². The van der Waals surface area contributed by atoms with Gasteiger partial charge >= 0.3 is 5.97 Å². The highest BCUT2D eigenvalue weighted by Crippen LogP contribution is 2.59. The smallest absolute Gasteiger partial charge is 0.339 e. The van der Waals surface area contributed by atoms with E-state index in [2.05, 4.69) is 4.98 Å². The van der Waals surface area contributed by atoms with Crippen molar-refractivity contribution in [1.29, 1.82) is 0 Å². The zero-order valence-corrected chi connectivity index (χ0v) is 15.3. The van der Waals surface area contributed by atoms with E-state index in [-0.39, 0.29) is 0 Å². The van der Waals surface area contributed by atoms with Crippen LogP contribution in [0.15, 0.2) is 18.3 Å². The molecule has 1 aromatic heterocycles. The predicted molar refractivity (Wildman–Crippen MR) is 90.7 cm³/mol. The number of epoxide rings is 1. The molecular formula is C18H27NO6. The summed E-state index contributed by atoms with van der Waals surface area (Å²) in [4.78, 5) is 15.9. The number of hydrogen-bond acceptors (Lipinski definition) is 6. The van der Waals surface area contributed by atoms with E-state index in [0.717, 1.165) is 5.56 Å². The zero-order valence-electron chi connectivity index (χ0n) is 15.3. The Hall–Kier alpha value is -1.70. The second-order valence-corrected chi connectivity index (χ2v) is 6.88. The number of rotatable bonds is 10. The molecule has 25 heavy (non-hydrogen) atoms. The molecule has 1 aromatic rings.